The molecule has 0 aromatic carbocycles. The van der Waals surface area contributed by atoms with Crippen molar-refractivity contribution in [2.75, 3.05) is 13.7 Å². The van der Waals surface area contributed by atoms with E-state index >= 15 is 0 Å². The minimum Gasteiger partial charge on any atom is -0.385 e. The predicted octanol–water partition coefficient (Wildman–Crippen LogP) is 2.25. The summed E-state index contributed by atoms with van der Waals surface area (Å²) in [6, 6.07) is 2.17. The van der Waals surface area contributed by atoms with Crippen molar-refractivity contribution in [3.05, 3.63) is 21.9 Å². The van der Waals surface area contributed by atoms with Crippen LogP contribution < -0.4 is 0 Å². The van der Waals surface area contributed by atoms with Gasteiger partial charge >= 0.3 is 0 Å². The van der Waals surface area contributed by atoms with Crippen LogP contribution in [0.15, 0.2) is 11.4 Å². The zero-order valence-electron chi connectivity index (χ0n) is 7.80. The van der Waals surface area contributed by atoms with Gasteiger partial charge in [-0.1, -0.05) is 0 Å². The van der Waals surface area contributed by atoms with Crippen molar-refractivity contribution >= 4 is 34.4 Å². The molecule has 1 heterocycles. The van der Waals surface area contributed by atoms with E-state index in [0.29, 0.717) is 0 Å². The van der Waals surface area contributed by atoms with Gasteiger partial charge in [-0.25, -0.2) is 0 Å². The van der Waals surface area contributed by atoms with E-state index in [2.05, 4.69) is 18.4 Å². The Balaban J connectivity index is 0.00000121. The smallest absolute Gasteiger partial charge is 0.0465 e. The number of aryl methyl sites for hydroxylation is 2. The summed E-state index contributed by atoms with van der Waals surface area (Å²) in [5, 5.41) is 2.15. The first-order chi connectivity index (χ1) is 5.34. The second kappa shape index (κ2) is 6.89. The first-order valence-electron chi connectivity index (χ1n) is 3.86. The number of thiophene rings is 1. The Morgan fingerprint density at radius 2 is 2.25 bits per heavy atom. The first kappa shape index (κ1) is 12.4. The van der Waals surface area contributed by atoms with E-state index in [1.54, 1.807) is 7.11 Å². The standard InChI is InChI=1S/C9H14OS.Mg/c1-8-5-7-11-9(8)4-3-6-10-2;/h5,7H,3-4,6H2,1-2H3;. The van der Waals surface area contributed by atoms with E-state index in [0.717, 1.165) is 19.4 Å². The van der Waals surface area contributed by atoms with E-state index in [1.807, 2.05) is 11.3 Å². The summed E-state index contributed by atoms with van der Waals surface area (Å²) >= 11 is 1.84. The van der Waals surface area contributed by atoms with E-state index in [9.17, 15) is 0 Å². The third-order valence-electron chi connectivity index (χ3n) is 1.72. The third kappa shape index (κ3) is 3.89. The number of methoxy groups -OCH3 is 1. The molecule has 1 rings (SSSR count). The maximum absolute atomic E-state index is 4.98. The normalized spacial score (nSPS) is 9.50. The minimum atomic E-state index is 0. The molecular formula is C9H14MgOS. The van der Waals surface area contributed by atoms with Crippen LogP contribution >= 0.6 is 11.3 Å². The molecule has 1 nitrogen and oxygen atoms in total. The summed E-state index contributed by atoms with van der Waals surface area (Å²) in [6.45, 7) is 3.04. The van der Waals surface area contributed by atoms with Crippen molar-refractivity contribution in [3.63, 3.8) is 0 Å². The molecule has 64 valence electrons. The topological polar surface area (TPSA) is 9.23 Å². The Morgan fingerprint density at radius 3 is 2.75 bits per heavy atom. The van der Waals surface area contributed by atoms with Gasteiger partial charge in [0.05, 0.1) is 0 Å². The molecule has 0 amide bonds. The second-order valence-corrected chi connectivity index (χ2v) is 3.62. The van der Waals surface area contributed by atoms with E-state index in [1.165, 1.54) is 10.4 Å². The monoisotopic (exact) mass is 194 g/mol. The first-order valence-corrected chi connectivity index (χ1v) is 4.74. The summed E-state index contributed by atoms with van der Waals surface area (Å²) in [5.41, 5.74) is 1.42. The summed E-state index contributed by atoms with van der Waals surface area (Å²) in [4.78, 5) is 1.50. The van der Waals surface area contributed by atoms with Crippen LogP contribution in [0.25, 0.3) is 0 Å². The highest BCUT2D eigenvalue weighted by atomic mass is 32.1. The van der Waals surface area contributed by atoms with Crippen molar-refractivity contribution < 1.29 is 4.74 Å². The van der Waals surface area contributed by atoms with Crippen molar-refractivity contribution in [2.45, 2.75) is 19.8 Å². The highest BCUT2D eigenvalue weighted by Crippen LogP contribution is 2.16. The van der Waals surface area contributed by atoms with Gasteiger partial charge in [0.25, 0.3) is 0 Å². The van der Waals surface area contributed by atoms with Crippen LogP contribution in [0.1, 0.15) is 16.9 Å². The Labute approximate surface area is 94.3 Å². The molecule has 1 aromatic rings. The Morgan fingerprint density at radius 1 is 1.50 bits per heavy atom. The van der Waals surface area contributed by atoms with Gasteiger partial charge in [-0.3, -0.25) is 0 Å². The zero-order valence-corrected chi connectivity index (χ0v) is 10.0. The van der Waals surface area contributed by atoms with E-state index in [-0.39, 0.29) is 23.1 Å². The Bertz CT molecular complexity index is 210. The van der Waals surface area contributed by atoms with Crippen LogP contribution in [0, 0.1) is 6.92 Å². The lowest BCUT2D eigenvalue weighted by atomic mass is 10.2. The molecule has 1 aromatic heterocycles. The quantitative estimate of drug-likeness (QED) is 0.528. The van der Waals surface area contributed by atoms with Crippen LogP contribution in [0.2, 0.25) is 0 Å². The number of hydrogen-bond acceptors (Lipinski definition) is 2. The largest absolute Gasteiger partial charge is 0.385 e. The average molecular weight is 195 g/mol. The van der Waals surface area contributed by atoms with Crippen LogP contribution in [0.4, 0.5) is 0 Å². The molecule has 0 saturated carbocycles. The molecule has 2 radical (unpaired) electrons. The molecule has 3 heteroatoms. The fourth-order valence-corrected chi connectivity index (χ4v) is 1.99. The molecule has 0 aliphatic heterocycles. The molecular weight excluding hydrogens is 180 g/mol. The van der Waals surface area contributed by atoms with E-state index < -0.39 is 0 Å². The number of ether oxygens (including phenoxy) is 1. The van der Waals surface area contributed by atoms with Gasteiger partial charge in [0.15, 0.2) is 0 Å². The molecule has 0 atom stereocenters. The molecule has 0 N–H and O–H groups in total. The van der Waals surface area contributed by atoms with Crippen LogP contribution in [-0.4, -0.2) is 36.8 Å². The summed E-state index contributed by atoms with van der Waals surface area (Å²) < 4.78 is 4.98. The van der Waals surface area contributed by atoms with E-state index in [4.69, 9.17) is 4.74 Å². The highest BCUT2D eigenvalue weighted by molar-refractivity contribution is 7.10. The van der Waals surface area contributed by atoms with Gasteiger partial charge in [-0.15, -0.1) is 11.3 Å². The Kier molecular flexibility index (Phi) is 7.14. The van der Waals surface area contributed by atoms with Gasteiger partial charge in [-0.2, -0.15) is 0 Å². The van der Waals surface area contributed by atoms with Gasteiger partial charge in [-0.05, 0) is 36.8 Å². The molecule has 12 heavy (non-hydrogen) atoms. The fraction of sp³-hybridized carbons (Fsp3) is 0.556. The molecule has 0 aliphatic carbocycles. The maximum atomic E-state index is 4.98. The van der Waals surface area contributed by atoms with Gasteiger partial charge < -0.3 is 4.74 Å². The van der Waals surface area contributed by atoms with Crippen molar-refractivity contribution in [1.29, 1.82) is 0 Å². The predicted molar refractivity (Wildman–Crippen MR) is 55.0 cm³/mol. The lowest BCUT2D eigenvalue weighted by Crippen LogP contribution is -1.91. The molecule has 0 unspecified atom stereocenters. The highest BCUT2D eigenvalue weighted by Gasteiger charge is 1.97. The lowest BCUT2D eigenvalue weighted by Gasteiger charge is -1.98. The molecule has 0 saturated heterocycles. The SMILES string of the molecule is COCCCc1sccc1C.[Mg]. The van der Waals surface area contributed by atoms with Gasteiger partial charge in [0.1, 0.15) is 0 Å². The molecule has 0 spiro atoms. The molecule has 0 bridgehead atoms. The van der Waals surface area contributed by atoms with Crippen LogP contribution in [-0.2, 0) is 11.2 Å². The zero-order chi connectivity index (χ0) is 8.10. The summed E-state index contributed by atoms with van der Waals surface area (Å²) in [6.07, 6.45) is 2.30. The Hall–Kier alpha value is 0.426. The fourth-order valence-electron chi connectivity index (χ4n) is 1.04. The van der Waals surface area contributed by atoms with Crippen molar-refractivity contribution in [3.8, 4) is 0 Å². The van der Waals surface area contributed by atoms with Gasteiger partial charge in [0.2, 0.25) is 0 Å². The average Bonchev–Trinajstić information content (AvgIpc) is 2.37. The molecule has 0 aliphatic rings. The molecule has 0 fully saturated rings. The maximum Gasteiger partial charge on any atom is 0.0465 e. The van der Waals surface area contributed by atoms with Crippen molar-refractivity contribution in [1.82, 2.24) is 0 Å². The third-order valence-corrected chi connectivity index (χ3v) is 2.80. The van der Waals surface area contributed by atoms with Crippen LogP contribution in [0.5, 0.6) is 0 Å². The van der Waals surface area contributed by atoms with Gasteiger partial charge in [0, 0.05) is 41.6 Å². The number of hydrogen-bond donors (Lipinski definition) is 0. The summed E-state index contributed by atoms with van der Waals surface area (Å²) in [5.74, 6) is 0. The van der Waals surface area contributed by atoms with Crippen molar-refractivity contribution in [2.24, 2.45) is 0 Å². The number of rotatable bonds is 4. The minimum absolute atomic E-state index is 0. The second-order valence-electron chi connectivity index (χ2n) is 2.62. The summed E-state index contributed by atoms with van der Waals surface area (Å²) in [7, 11) is 1.75. The lowest BCUT2D eigenvalue weighted by molar-refractivity contribution is 0.195. The van der Waals surface area contributed by atoms with Crippen LogP contribution in [0.3, 0.4) is 0 Å².